The number of likely N-dealkylation sites (tertiary alicyclic amines) is 1. The molecule has 1 fully saturated rings. The van der Waals surface area contributed by atoms with Crippen LogP contribution >= 0.6 is 0 Å². The molecule has 1 aliphatic rings. The maximum absolute atomic E-state index is 13.4. The number of hydrogen-bond donors (Lipinski definition) is 1. The van der Waals surface area contributed by atoms with Gasteiger partial charge in [0.1, 0.15) is 0 Å². The van der Waals surface area contributed by atoms with Crippen molar-refractivity contribution in [2.45, 2.75) is 58.9 Å². The Kier molecular flexibility index (Phi) is 5.38. The minimum absolute atomic E-state index is 0.112. The minimum Gasteiger partial charge on any atom is -0.396 e. The average molecular weight is 340 g/mol. The summed E-state index contributed by atoms with van der Waals surface area (Å²) in [6, 6.07) is 6.27. The predicted molar refractivity (Wildman–Crippen MR) is 101 cm³/mol. The summed E-state index contributed by atoms with van der Waals surface area (Å²) in [6.45, 7) is 7.10. The van der Waals surface area contributed by atoms with Gasteiger partial charge in [0.05, 0.1) is 11.1 Å². The van der Waals surface area contributed by atoms with E-state index in [9.17, 15) is 4.79 Å². The van der Waals surface area contributed by atoms with Crippen LogP contribution in [0.15, 0.2) is 18.2 Å². The van der Waals surface area contributed by atoms with Crippen LogP contribution in [0.5, 0.6) is 0 Å². The molecule has 4 heteroatoms. The lowest BCUT2D eigenvalue weighted by Gasteiger charge is -2.36. The molecule has 1 amide bonds. The number of aliphatic hydroxyl groups excluding tert-OH is 1. The van der Waals surface area contributed by atoms with Crippen LogP contribution in [0.1, 0.15) is 59.3 Å². The Hall–Kier alpha value is -1.94. The number of rotatable bonds is 4. The summed E-state index contributed by atoms with van der Waals surface area (Å²) in [7, 11) is 0. The van der Waals surface area contributed by atoms with Gasteiger partial charge in [-0.1, -0.05) is 12.1 Å². The first-order chi connectivity index (χ1) is 12.0. The first-order valence-electron chi connectivity index (χ1n) is 9.32. The number of aryl methyl sites for hydroxylation is 3. The van der Waals surface area contributed by atoms with E-state index in [1.165, 1.54) is 5.56 Å². The summed E-state index contributed by atoms with van der Waals surface area (Å²) >= 11 is 0. The molecule has 1 atom stereocenters. The number of nitrogens with zero attached hydrogens (tertiary/aromatic N) is 2. The molecule has 1 aromatic heterocycles. The highest BCUT2D eigenvalue weighted by Crippen LogP contribution is 2.28. The van der Waals surface area contributed by atoms with Gasteiger partial charge < -0.3 is 10.0 Å². The fourth-order valence-electron chi connectivity index (χ4n) is 3.88. The number of carbonyl (C=O) groups is 1. The van der Waals surface area contributed by atoms with Gasteiger partial charge in [0.2, 0.25) is 0 Å². The molecule has 0 radical (unpaired) electrons. The molecule has 1 saturated heterocycles. The SMILES string of the molecule is Cc1cc(C(=O)N2CCCC[C@@H]2CCCO)c2ccc(C)c(C)c2n1. The molecule has 2 aromatic rings. The summed E-state index contributed by atoms with van der Waals surface area (Å²) in [5.74, 6) is 0.112. The van der Waals surface area contributed by atoms with E-state index in [0.29, 0.717) is 0 Å². The lowest BCUT2D eigenvalue weighted by atomic mass is 9.95. The zero-order chi connectivity index (χ0) is 18.0. The summed E-state index contributed by atoms with van der Waals surface area (Å²) in [6.07, 6.45) is 4.88. The van der Waals surface area contributed by atoms with Crippen LogP contribution in [0.2, 0.25) is 0 Å². The monoisotopic (exact) mass is 340 g/mol. The van der Waals surface area contributed by atoms with Crippen molar-refractivity contribution in [2.24, 2.45) is 0 Å². The van der Waals surface area contributed by atoms with Gasteiger partial charge in [-0.15, -0.1) is 0 Å². The van der Waals surface area contributed by atoms with E-state index in [2.05, 4.69) is 24.9 Å². The number of aromatic nitrogens is 1. The van der Waals surface area contributed by atoms with Crippen LogP contribution in [0.4, 0.5) is 0 Å². The maximum Gasteiger partial charge on any atom is 0.254 e. The molecule has 2 heterocycles. The predicted octanol–water partition coefficient (Wildman–Crippen LogP) is 3.93. The van der Waals surface area contributed by atoms with Gasteiger partial charge in [-0.05, 0) is 70.1 Å². The van der Waals surface area contributed by atoms with E-state index in [1.54, 1.807) is 0 Å². The average Bonchev–Trinajstić information content (AvgIpc) is 2.62. The van der Waals surface area contributed by atoms with Crippen LogP contribution in [0, 0.1) is 20.8 Å². The lowest BCUT2D eigenvalue weighted by Crippen LogP contribution is -2.44. The summed E-state index contributed by atoms with van der Waals surface area (Å²) in [4.78, 5) is 20.1. The number of fused-ring (bicyclic) bond motifs is 1. The van der Waals surface area contributed by atoms with Crippen molar-refractivity contribution in [1.29, 1.82) is 0 Å². The second-order valence-corrected chi connectivity index (χ2v) is 7.23. The molecule has 0 spiro atoms. The van der Waals surface area contributed by atoms with Gasteiger partial charge in [0.25, 0.3) is 5.91 Å². The van der Waals surface area contributed by atoms with Gasteiger partial charge in [0, 0.05) is 30.3 Å². The standard InChI is InChI=1S/C21H28N2O2/c1-14-9-10-18-19(13-15(2)22-20(18)16(14)3)21(25)23-11-5-4-7-17(23)8-6-12-24/h9-10,13,17,24H,4-8,11-12H2,1-3H3/t17-/m1/s1. The Labute approximate surface area is 149 Å². The maximum atomic E-state index is 13.4. The number of aliphatic hydroxyl groups is 1. The zero-order valence-electron chi connectivity index (χ0n) is 15.5. The normalized spacial score (nSPS) is 17.9. The number of hydrogen-bond acceptors (Lipinski definition) is 3. The van der Waals surface area contributed by atoms with Crippen molar-refractivity contribution < 1.29 is 9.90 Å². The quantitative estimate of drug-likeness (QED) is 0.917. The largest absolute Gasteiger partial charge is 0.396 e. The van der Waals surface area contributed by atoms with E-state index in [1.807, 2.05) is 24.0 Å². The van der Waals surface area contributed by atoms with Crippen LogP contribution in [-0.4, -0.2) is 40.1 Å². The van der Waals surface area contributed by atoms with Crippen LogP contribution in [0.3, 0.4) is 0 Å². The van der Waals surface area contributed by atoms with Crippen molar-refractivity contribution in [3.63, 3.8) is 0 Å². The molecule has 1 aromatic carbocycles. The highest BCUT2D eigenvalue weighted by molar-refractivity contribution is 6.07. The van der Waals surface area contributed by atoms with Crippen LogP contribution in [-0.2, 0) is 0 Å². The fourth-order valence-corrected chi connectivity index (χ4v) is 3.88. The number of benzene rings is 1. The van der Waals surface area contributed by atoms with Crippen LogP contribution in [0.25, 0.3) is 10.9 Å². The minimum atomic E-state index is 0.112. The molecular formula is C21H28N2O2. The molecule has 0 aliphatic carbocycles. The molecule has 4 nitrogen and oxygen atoms in total. The molecule has 25 heavy (non-hydrogen) atoms. The van der Waals surface area contributed by atoms with Crippen molar-refractivity contribution >= 4 is 16.8 Å². The van der Waals surface area contributed by atoms with Gasteiger partial charge >= 0.3 is 0 Å². The molecule has 3 rings (SSSR count). The number of pyridine rings is 1. The zero-order valence-corrected chi connectivity index (χ0v) is 15.5. The second-order valence-electron chi connectivity index (χ2n) is 7.23. The lowest BCUT2D eigenvalue weighted by molar-refractivity contribution is 0.0592. The summed E-state index contributed by atoms with van der Waals surface area (Å²) < 4.78 is 0. The summed E-state index contributed by atoms with van der Waals surface area (Å²) in [5, 5.41) is 10.1. The van der Waals surface area contributed by atoms with E-state index < -0.39 is 0 Å². The molecule has 0 bridgehead atoms. The molecule has 0 saturated carbocycles. The van der Waals surface area contributed by atoms with Gasteiger partial charge in [-0.2, -0.15) is 0 Å². The number of carbonyl (C=O) groups excluding carboxylic acids is 1. The van der Waals surface area contributed by atoms with Crippen molar-refractivity contribution in [3.8, 4) is 0 Å². The van der Waals surface area contributed by atoms with E-state index in [0.717, 1.165) is 66.4 Å². The Morgan fingerprint density at radius 1 is 1.28 bits per heavy atom. The molecule has 1 aliphatic heterocycles. The molecular weight excluding hydrogens is 312 g/mol. The van der Waals surface area contributed by atoms with E-state index in [4.69, 9.17) is 5.11 Å². The molecule has 0 unspecified atom stereocenters. The number of amides is 1. The van der Waals surface area contributed by atoms with Gasteiger partial charge in [-0.3, -0.25) is 9.78 Å². The van der Waals surface area contributed by atoms with Gasteiger partial charge in [-0.25, -0.2) is 0 Å². The number of piperidine rings is 1. The van der Waals surface area contributed by atoms with Crippen molar-refractivity contribution in [3.05, 3.63) is 40.6 Å². The third-order valence-electron chi connectivity index (χ3n) is 5.45. The van der Waals surface area contributed by atoms with Crippen molar-refractivity contribution in [1.82, 2.24) is 9.88 Å². The molecule has 1 N–H and O–H groups in total. The Morgan fingerprint density at radius 3 is 2.84 bits per heavy atom. The van der Waals surface area contributed by atoms with Crippen molar-refractivity contribution in [2.75, 3.05) is 13.2 Å². The van der Waals surface area contributed by atoms with E-state index in [-0.39, 0.29) is 18.6 Å². The van der Waals surface area contributed by atoms with E-state index >= 15 is 0 Å². The first kappa shape index (κ1) is 17.9. The third-order valence-corrected chi connectivity index (χ3v) is 5.45. The topological polar surface area (TPSA) is 53.4 Å². The summed E-state index contributed by atoms with van der Waals surface area (Å²) in [5.41, 5.74) is 4.93. The van der Waals surface area contributed by atoms with Crippen LogP contribution < -0.4 is 0 Å². The highest BCUT2D eigenvalue weighted by Gasteiger charge is 2.28. The third kappa shape index (κ3) is 3.54. The Bertz CT molecular complexity index is 785. The first-order valence-corrected chi connectivity index (χ1v) is 9.32. The second kappa shape index (κ2) is 7.52. The van der Waals surface area contributed by atoms with Gasteiger partial charge in [0.15, 0.2) is 0 Å². The fraction of sp³-hybridized carbons (Fsp3) is 0.524. The molecule has 134 valence electrons. The highest BCUT2D eigenvalue weighted by atomic mass is 16.3. The Morgan fingerprint density at radius 2 is 2.08 bits per heavy atom. The smallest absolute Gasteiger partial charge is 0.254 e. The Balaban J connectivity index is 2.02.